The minimum Gasteiger partial charge on any atom is -0.382 e. The average molecular weight is 208 g/mol. The number of nitrogens with one attached hydrogen (secondary N) is 1. The third-order valence-corrected chi connectivity index (χ3v) is 1.95. The van der Waals surface area contributed by atoms with E-state index in [-0.39, 0.29) is 12.2 Å². The molecule has 2 aromatic heterocycles. The zero-order chi connectivity index (χ0) is 10.8. The number of anilines is 1. The molecule has 0 amide bonds. The molecule has 0 saturated heterocycles. The standard InChI is InChI=1S/C9H9FN4O/c10-9-6(12-3-1-7(9)15)5-14-4-2-8(11)13-14/h1-4H,5H2,(H2,11,13)(H,12,15). The van der Waals surface area contributed by atoms with Gasteiger partial charge in [0, 0.05) is 18.5 Å². The Balaban J connectivity index is 2.32. The molecule has 0 spiro atoms. The minimum absolute atomic E-state index is 0.152. The molecule has 0 radical (unpaired) electrons. The molecule has 6 heteroatoms. The Morgan fingerprint density at radius 2 is 2.33 bits per heavy atom. The first-order valence-corrected chi connectivity index (χ1v) is 4.32. The number of pyridine rings is 1. The molecule has 0 saturated carbocycles. The summed E-state index contributed by atoms with van der Waals surface area (Å²) in [5.41, 5.74) is 4.95. The highest BCUT2D eigenvalue weighted by Gasteiger charge is 2.06. The third-order valence-electron chi connectivity index (χ3n) is 1.95. The molecule has 0 aliphatic heterocycles. The summed E-state index contributed by atoms with van der Waals surface area (Å²) in [5.74, 6) is -0.430. The van der Waals surface area contributed by atoms with Crippen LogP contribution in [0, 0.1) is 5.82 Å². The quantitative estimate of drug-likeness (QED) is 0.747. The van der Waals surface area contributed by atoms with Gasteiger partial charge in [-0.05, 0) is 6.07 Å². The van der Waals surface area contributed by atoms with Gasteiger partial charge < -0.3 is 10.7 Å². The fourth-order valence-corrected chi connectivity index (χ4v) is 1.25. The summed E-state index contributed by atoms with van der Waals surface area (Å²) >= 11 is 0. The molecule has 0 aliphatic rings. The fraction of sp³-hybridized carbons (Fsp3) is 0.111. The highest BCUT2D eigenvalue weighted by atomic mass is 19.1. The molecular formula is C9H9FN4O. The van der Waals surface area contributed by atoms with E-state index in [4.69, 9.17) is 5.73 Å². The first kappa shape index (κ1) is 9.45. The summed E-state index contributed by atoms with van der Waals surface area (Å²) in [7, 11) is 0. The third kappa shape index (κ3) is 1.88. The van der Waals surface area contributed by atoms with Crippen LogP contribution in [0.4, 0.5) is 10.2 Å². The van der Waals surface area contributed by atoms with E-state index < -0.39 is 11.2 Å². The Bertz CT molecular complexity index is 531. The summed E-state index contributed by atoms with van der Waals surface area (Å²) in [6, 6.07) is 2.73. The van der Waals surface area contributed by atoms with E-state index in [0.717, 1.165) is 6.07 Å². The van der Waals surface area contributed by atoms with Crippen molar-refractivity contribution in [3.8, 4) is 0 Å². The van der Waals surface area contributed by atoms with Gasteiger partial charge >= 0.3 is 0 Å². The monoisotopic (exact) mass is 208 g/mol. The smallest absolute Gasteiger partial charge is 0.217 e. The van der Waals surface area contributed by atoms with Crippen LogP contribution in [0.3, 0.4) is 0 Å². The van der Waals surface area contributed by atoms with Gasteiger partial charge in [0.2, 0.25) is 5.43 Å². The van der Waals surface area contributed by atoms with Crippen LogP contribution in [0.15, 0.2) is 29.3 Å². The molecule has 2 aromatic rings. The minimum atomic E-state index is -0.786. The fourth-order valence-electron chi connectivity index (χ4n) is 1.25. The van der Waals surface area contributed by atoms with Crippen molar-refractivity contribution in [2.75, 3.05) is 5.73 Å². The molecule has 0 atom stereocenters. The van der Waals surface area contributed by atoms with Crippen molar-refractivity contribution in [2.45, 2.75) is 6.54 Å². The summed E-state index contributed by atoms with van der Waals surface area (Å²) in [5, 5.41) is 3.88. The van der Waals surface area contributed by atoms with Crippen molar-refractivity contribution in [1.29, 1.82) is 0 Å². The van der Waals surface area contributed by atoms with Crippen LogP contribution in [0.2, 0.25) is 0 Å². The zero-order valence-electron chi connectivity index (χ0n) is 7.77. The summed E-state index contributed by atoms with van der Waals surface area (Å²) in [6.07, 6.45) is 3.01. The Morgan fingerprint density at radius 3 is 3.00 bits per heavy atom. The molecule has 0 fully saturated rings. The van der Waals surface area contributed by atoms with E-state index in [0.29, 0.717) is 5.82 Å². The number of hydrogen-bond acceptors (Lipinski definition) is 3. The van der Waals surface area contributed by atoms with Gasteiger partial charge in [-0.25, -0.2) is 4.39 Å². The summed E-state index contributed by atoms with van der Waals surface area (Å²) in [4.78, 5) is 13.6. The van der Waals surface area contributed by atoms with Gasteiger partial charge in [0.05, 0.1) is 12.2 Å². The van der Waals surface area contributed by atoms with E-state index in [1.807, 2.05) is 0 Å². The van der Waals surface area contributed by atoms with Crippen molar-refractivity contribution in [1.82, 2.24) is 14.8 Å². The molecule has 3 N–H and O–H groups in total. The van der Waals surface area contributed by atoms with Gasteiger partial charge in [-0.2, -0.15) is 5.10 Å². The van der Waals surface area contributed by atoms with Gasteiger partial charge in [0.25, 0.3) is 0 Å². The molecule has 5 nitrogen and oxygen atoms in total. The number of aromatic nitrogens is 3. The number of rotatable bonds is 2. The molecule has 0 bridgehead atoms. The Labute approximate surface area is 84.3 Å². The molecular weight excluding hydrogens is 199 g/mol. The van der Waals surface area contributed by atoms with Crippen molar-refractivity contribution in [2.24, 2.45) is 0 Å². The Morgan fingerprint density at radius 1 is 1.53 bits per heavy atom. The SMILES string of the molecule is Nc1ccn(Cc2[nH]ccc(=O)c2F)n1. The largest absolute Gasteiger partial charge is 0.382 e. The number of nitrogens with zero attached hydrogens (tertiary/aromatic N) is 2. The number of hydrogen-bond donors (Lipinski definition) is 2. The number of nitrogen functional groups attached to an aromatic ring is 1. The first-order valence-electron chi connectivity index (χ1n) is 4.32. The number of H-pyrrole nitrogens is 1. The van der Waals surface area contributed by atoms with Gasteiger partial charge in [-0.3, -0.25) is 9.48 Å². The summed E-state index contributed by atoms with van der Waals surface area (Å²) in [6.45, 7) is 0.152. The van der Waals surface area contributed by atoms with Crippen molar-refractivity contribution < 1.29 is 4.39 Å². The van der Waals surface area contributed by atoms with Crippen molar-refractivity contribution in [3.05, 3.63) is 46.3 Å². The Hall–Kier alpha value is -2.11. The first-order chi connectivity index (χ1) is 7.16. The second-order valence-electron chi connectivity index (χ2n) is 3.07. The maximum atomic E-state index is 13.3. The van der Waals surface area contributed by atoms with Gasteiger partial charge in [0.15, 0.2) is 5.82 Å². The lowest BCUT2D eigenvalue weighted by Crippen LogP contribution is -2.13. The lowest BCUT2D eigenvalue weighted by Gasteiger charge is -2.02. The number of halogens is 1. The number of nitrogens with two attached hydrogens (primary N) is 1. The second kappa shape index (κ2) is 3.56. The van der Waals surface area contributed by atoms with Crippen molar-refractivity contribution >= 4 is 5.82 Å². The topological polar surface area (TPSA) is 76.7 Å². The van der Waals surface area contributed by atoms with Gasteiger partial charge in [-0.15, -0.1) is 0 Å². The van der Waals surface area contributed by atoms with Gasteiger partial charge in [-0.1, -0.05) is 0 Å². The molecule has 0 aromatic carbocycles. The molecule has 2 heterocycles. The zero-order valence-corrected chi connectivity index (χ0v) is 7.77. The maximum absolute atomic E-state index is 13.3. The average Bonchev–Trinajstić information content (AvgIpc) is 2.59. The molecule has 0 aliphatic carbocycles. The van der Waals surface area contributed by atoms with Crippen LogP contribution in [0.1, 0.15) is 5.69 Å². The predicted molar refractivity (Wildman–Crippen MR) is 52.8 cm³/mol. The molecule has 0 unspecified atom stereocenters. The summed E-state index contributed by atoms with van der Waals surface area (Å²) < 4.78 is 14.7. The van der Waals surface area contributed by atoms with E-state index in [1.165, 1.54) is 10.9 Å². The van der Waals surface area contributed by atoms with Crippen LogP contribution in [0.5, 0.6) is 0 Å². The highest BCUT2D eigenvalue weighted by Crippen LogP contribution is 2.02. The number of aromatic amines is 1. The lowest BCUT2D eigenvalue weighted by molar-refractivity contribution is 0.563. The van der Waals surface area contributed by atoms with Crippen LogP contribution < -0.4 is 11.2 Å². The van der Waals surface area contributed by atoms with E-state index >= 15 is 0 Å². The normalized spacial score (nSPS) is 10.5. The highest BCUT2D eigenvalue weighted by molar-refractivity contribution is 5.24. The Kier molecular flexibility index (Phi) is 2.24. The van der Waals surface area contributed by atoms with Crippen LogP contribution in [-0.2, 0) is 6.54 Å². The van der Waals surface area contributed by atoms with E-state index in [2.05, 4.69) is 10.1 Å². The van der Waals surface area contributed by atoms with Crippen molar-refractivity contribution in [3.63, 3.8) is 0 Å². The molecule has 78 valence electrons. The molecule has 15 heavy (non-hydrogen) atoms. The van der Waals surface area contributed by atoms with E-state index in [9.17, 15) is 9.18 Å². The van der Waals surface area contributed by atoms with Crippen LogP contribution >= 0.6 is 0 Å². The predicted octanol–water partition coefficient (Wildman–Crippen LogP) is 0.341. The van der Waals surface area contributed by atoms with Crippen LogP contribution in [-0.4, -0.2) is 14.8 Å². The second-order valence-corrected chi connectivity index (χ2v) is 3.07. The van der Waals surface area contributed by atoms with Gasteiger partial charge in [0.1, 0.15) is 5.82 Å². The maximum Gasteiger partial charge on any atom is 0.217 e. The lowest BCUT2D eigenvalue weighted by atomic mass is 10.3. The molecule has 2 rings (SSSR count). The van der Waals surface area contributed by atoms with Crippen LogP contribution in [0.25, 0.3) is 0 Å². The van der Waals surface area contributed by atoms with E-state index in [1.54, 1.807) is 12.3 Å².